The molecule has 2 aromatic heterocycles. The van der Waals surface area contributed by atoms with Crippen molar-refractivity contribution in [3.05, 3.63) is 47.5 Å². The Morgan fingerprint density at radius 1 is 1.44 bits per heavy atom. The Morgan fingerprint density at radius 2 is 2.25 bits per heavy atom. The van der Waals surface area contributed by atoms with Crippen LogP contribution in [0.25, 0.3) is 0 Å². The largest absolute Gasteiger partial charge is 0.292 e. The lowest BCUT2D eigenvalue weighted by Crippen LogP contribution is -2.07. The molecule has 4 nitrogen and oxygen atoms in total. The zero-order chi connectivity index (χ0) is 11.5. The lowest BCUT2D eigenvalue weighted by molar-refractivity contribution is 0.0987. The van der Waals surface area contributed by atoms with Crippen molar-refractivity contribution in [2.45, 2.75) is 13.3 Å². The number of nitrogens with zero attached hydrogens (tertiary/aromatic N) is 3. The van der Waals surface area contributed by atoms with Crippen LogP contribution >= 0.6 is 0 Å². The Kier molecular flexibility index (Phi) is 2.81. The third kappa shape index (κ3) is 2.34. The fourth-order valence-electron chi connectivity index (χ4n) is 1.50. The molecule has 0 aromatic carbocycles. The second kappa shape index (κ2) is 4.26. The lowest BCUT2D eigenvalue weighted by Gasteiger charge is -1.99. The maximum absolute atomic E-state index is 11.9. The molecule has 0 N–H and O–H groups in total. The molecule has 2 aromatic rings. The molecule has 2 heterocycles. The first-order valence-corrected chi connectivity index (χ1v) is 5.09. The Balaban J connectivity index is 2.14. The summed E-state index contributed by atoms with van der Waals surface area (Å²) in [4.78, 5) is 15.9. The fraction of sp³-hybridized carbons (Fsp3) is 0.250. The van der Waals surface area contributed by atoms with E-state index in [4.69, 9.17) is 0 Å². The predicted molar refractivity (Wildman–Crippen MR) is 60.2 cm³/mol. The Bertz CT molecular complexity index is 516. The van der Waals surface area contributed by atoms with Crippen LogP contribution in [0.4, 0.5) is 0 Å². The Hall–Kier alpha value is -1.97. The van der Waals surface area contributed by atoms with Crippen molar-refractivity contribution in [2.24, 2.45) is 7.05 Å². The van der Waals surface area contributed by atoms with Gasteiger partial charge in [-0.05, 0) is 30.7 Å². The van der Waals surface area contributed by atoms with Crippen LogP contribution in [0.1, 0.15) is 21.7 Å². The van der Waals surface area contributed by atoms with Gasteiger partial charge in [0.25, 0.3) is 0 Å². The maximum Gasteiger partial charge on any atom is 0.187 e. The van der Waals surface area contributed by atoms with Gasteiger partial charge in [-0.15, -0.1) is 0 Å². The summed E-state index contributed by atoms with van der Waals surface area (Å²) >= 11 is 0. The summed E-state index contributed by atoms with van der Waals surface area (Å²) in [5.41, 5.74) is 2.32. The summed E-state index contributed by atoms with van der Waals surface area (Å²) in [7, 11) is 1.83. The number of hydrogen-bond donors (Lipinski definition) is 0. The number of carbonyl (C=O) groups is 1. The molecule has 0 aliphatic heterocycles. The van der Waals surface area contributed by atoms with Crippen LogP contribution in [-0.4, -0.2) is 20.5 Å². The van der Waals surface area contributed by atoms with Gasteiger partial charge < -0.3 is 0 Å². The summed E-state index contributed by atoms with van der Waals surface area (Å²) in [6.07, 6.45) is 3.78. The molecular formula is C12H13N3O. The number of Topliss-reactive ketones (excluding diaryl/α,β-unsaturated/α-hetero) is 1. The van der Waals surface area contributed by atoms with Crippen molar-refractivity contribution in [3.63, 3.8) is 0 Å². The van der Waals surface area contributed by atoms with E-state index in [1.165, 1.54) is 0 Å². The SMILES string of the molecule is Cc1ccnc(C(=O)Cc2ccn(C)n2)c1. The molecule has 2 rings (SSSR count). The van der Waals surface area contributed by atoms with Crippen LogP contribution in [0.15, 0.2) is 30.6 Å². The first kappa shape index (κ1) is 10.5. The smallest absolute Gasteiger partial charge is 0.187 e. The van der Waals surface area contributed by atoms with E-state index in [0.717, 1.165) is 11.3 Å². The van der Waals surface area contributed by atoms with Gasteiger partial charge in [0.1, 0.15) is 5.69 Å². The third-order valence-electron chi connectivity index (χ3n) is 2.31. The first-order valence-electron chi connectivity index (χ1n) is 5.09. The molecule has 16 heavy (non-hydrogen) atoms. The van der Waals surface area contributed by atoms with E-state index in [9.17, 15) is 4.79 Å². The van der Waals surface area contributed by atoms with E-state index < -0.39 is 0 Å². The van der Waals surface area contributed by atoms with Gasteiger partial charge >= 0.3 is 0 Å². The highest BCUT2D eigenvalue weighted by Crippen LogP contribution is 2.05. The minimum absolute atomic E-state index is 0.00222. The topological polar surface area (TPSA) is 47.8 Å². The molecule has 0 amide bonds. The second-order valence-electron chi connectivity index (χ2n) is 3.80. The van der Waals surface area contributed by atoms with Crippen molar-refractivity contribution in [2.75, 3.05) is 0 Å². The average Bonchev–Trinajstić information content (AvgIpc) is 2.64. The quantitative estimate of drug-likeness (QED) is 0.730. The van der Waals surface area contributed by atoms with E-state index in [1.54, 1.807) is 16.9 Å². The van der Waals surface area contributed by atoms with Crippen molar-refractivity contribution in [3.8, 4) is 0 Å². The van der Waals surface area contributed by atoms with Crippen LogP contribution in [0, 0.1) is 6.92 Å². The highest BCUT2D eigenvalue weighted by atomic mass is 16.1. The predicted octanol–water partition coefficient (Wildman–Crippen LogP) is 1.55. The molecule has 0 fully saturated rings. The van der Waals surface area contributed by atoms with Crippen LogP contribution in [0.5, 0.6) is 0 Å². The molecule has 0 aliphatic carbocycles. The molecule has 82 valence electrons. The van der Waals surface area contributed by atoms with E-state index in [-0.39, 0.29) is 5.78 Å². The molecule has 0 radical (unpaired) electrons. The van der Waals surface area contributed by atoms with Crippen molar-refractivity contribution < 1.29 is 4.79 Å². The van der Waals surface area contributed by atoms with Crippen LogP contribution in [0.3, 0.4) is 0 Å². The lowest BCUT2D eigenvalue weighted by atomic mass is 10.1. The maximum atomic E-state index is 11.9. The first-order chi connectivity index (χ1) is 7.65. The van der Waals surface area contributed by atoms with Crippen LogP contribution < -0.4 is 0 Å². The summed E-state index contributed by atoms with van der Waals surface area (Å²) in [5.74, 6) is 0.00222. The summed E-state index contributed by atoms with van der Waals surface area (Å²) in [5, 5.41) is 4.17. The second-order valence-corrected chi connectivity index (χ2v) is 3.80. The number of aryl methyl sites for hydroxylation is 2. The number of carbonyl (C=O) groups excluding carboxylic acids is 1. The Morgan fingerprint density at radius 3 is 2.88 bits per heavy atom. The molecule has 0 saturated carbocycles. The number of rotatable bonds is 3. The molecule has 0 unspecified atom stereocenters. The molecule has 0 saturated heterocycles. The zero-order valence-corrected chi connectivity index (χ0v) is 9.34. The third-order valence-corrected chi connectivity index (χ3v) is 2.31. The number of pyridine rings is 1. The fourth-order valence-corrected chi connectivity index (χ4v) is 1.50. The Labute approximate surface area is 93.9 Å². The van der Waals surface area contributed by atoms with Crippen molar-refractivity contribution in [1.29, 1.82) is 0 Å². The van der Waals surface area contributed by atoms with Gasteiger partial charge in [0, 0.05) is 19.4 Å². The van der Waals surface area contributed by atoms with Gasteiger partial charge in [-0.1, -0.05) is 0 Å². The van der Waals surface area contributed by atoms with Crippen molar-refractivity contribution in [1.82, 2.24) is 14.8 Å². The average molecular weight is 215 g/mol. The molecular weight excluding hydrogens is 202 g/mol. The molecule has 0 spiro atoms. The molecule has 4 heteroatoms. The summed E-state index contributed by atoms with van der Waals surface area (Å²) in [6, 6.07) is 5.51. The minimum atomic E-state index is 0.00222. The molecule has 0 bridgehead atoms. The van der Waals surface area contributed by atoms with E-state index >= 15 is 0 Å². The van der Waals surface area contributed by atoms with Gasteiger partial charge in [-0.25, -0.2) is 0 Å². The van der Waals surface area contributed by atoms with E-state index in [0.29, 0.717) is 12.1 Å². The van der Waals surface area contributed by atoms with Gasteiger partial charge in [-0.3, -0.25) is 14.5 Å². The van der Waals surface area contributed by atoms with Crippen LogP contribution in [-0.2, 0) is 13.5 Å². The van der Waals surface area contributed by atoms with Gasteiger partial charge in [0.15, 0.2) is 5.78 Å². The molecule has 0 atom stereocenters. The number of hydrogen-bond acceptors (Lipinski definition) is 3. The standard InChI is InChI=1S/C12H13N3O/c1-9-3-5-13-11(7-9)12(16)8-10-4-6-15(2)14-10/h3-7H,8H2,1-2H3. The highest BCUT2D eigenvalue weighted by Gasteiger charge is 2.10. The summed E-state index contributed by atoms with van der Waals surface area (Å²) in [6.45, 7) is 1.94. The normalized spacial score (nSPS) is 10.4. The zero-order valence-electron chi connectivity index (χ0n) is 9.34. The number of aromatic nitrogens is 3. The van der Waals surface area contributed by atoms with Gasteiger partial charge in [-0.2, -0.15) is 5.10 Å². The van der Waals surface area contributed by atoms with Gasteiger partial charge in [0.2, 0.25) is 0 Å². The van der Waals surface area contributed by atoms with Gasteiger partial charge in [0.05, 0.1) is 12.1 Å². The monoisotopic (exact) mass is 215 g/mol. The van der Waals surface area contributed by atoms with E-state index in [1.807, 2.05) is 32.3 Å². The van der Waals surface area contributed by atoms with Crippen molar-refractivity contribution >= 4 is 5.78 Å². The minimum Gasteiger partial charge on any atom is -0.292 e. The summed E-state index contributed by atoms with van der Waals surface area (Å²) < 4.78 is 1.69. The van der Waals surface area contributed by atoms with E-state index in [2.05, 4.69) is 10.1 Å². The van der Waals surface area contributed by atoms with Crippen LogP contribution in [0.2, 0.25) is 0 Å². The number of ketones is 1. The molecule has 0 aliphatic rings. The highest BCUT2D eigenvalue weighted by molar-refractivity contribution is 5.95.